The Labute approximate surface area is 205 Å². The van der Waals surface area contributed by atoms with Crippen molar-refractivity contribution in [3.8, 4) is 0 Å². The number of benzene rings is 2. The van der Waals surface area contributed by atoms with E-state index in [1.54, 1.807) is 6.07 Å². The first-order chi connectivity index (χ1) is 17.1. The van der Waals surface area contributed by atoms with Crippen LogP contribution in [0.15, 0.2) is 48.5 Å². The smallest absolute Gasteiger partial charge is 0.161 e. The summed E-state index contributed by atoms with van der Waals surface area (Å²) in [6, 6.07) is 14.8. The van der Waals surface area contributed by atoms with Gasteiger partial charge in [0.15, 0.2) is 11.6 Å². The van der Waals surface area contributed by atoms with Crippen LogP contribution in [0, 0.1) is 23.5 Å². The molecule has 1 N–H and O–H groups in total. The normalized spacial score (nSPS) is 22.7. The highest BCUT2D eigenvalue weighted by Gasteiger charge is 2.35. The number of hydrogen-bond donors (Lipinski definition) is 1. The van der Waals surface area contributed by atoms with Crippen molar-refractivity contribution in [1.82, 2.24) is 4.98 Å². The number of aromatic nitrogens is 1. The van der Waals surface area contributed by atoms with Crippen LogP contribution in [-0.4, -0.2) is 29.3 Å². The third-order valence-corrected chi connectivity index (χ3v) is 7.87. The fourth-order valence-corrected chi connectivity index (χ4v) is 5.99. The number of pyridine rings is 1. The molecule has 0 spiro atoms. The molecule has 6 heteroatoms. The summed E-state index contributed by atoms with van der Waals surface area (Å²) < 4.78 is 33.5. The van der Waals surface area contributed by atoms with Gasteiger partial charge < -0.3 is 14.7 Å². The lowest BCUT2D eigenvalue weighted by Crippen LogP contribution is -2.38. The topological polar surface area (TPSA) is 45.6 Å². The molecule has 1 saturated carbocycles. The monoisotopic (exact) mass is 480 g/mol. The summed E-state index contributed by atoms with van der Waals surface area (Å²) in [6.07, 6.45) is 8.10. The summed E-state index contributed by atoms with van der Waals surface area (Å²) in [6.45, 7) is 2.19. The van der Waals surface area contributed by atoms with E-state index < -0.39 is 11.6 Å². The van der Waals surface area contributed by atoms with Crippen LogP contribution >= 0.6 is 0 Å². The third-order valence-electron chi connectivity index (χ3n) is 7.87. The van der Waals surface area contributed by atoms with Gasteiger partial charge in [0.05, 0.1) is 18.7 Å². The first-order valence-electron chi connectivity index (χ1n) is 12.9. The molecular formula is C29H34F2N2O2. The van der Waals surface area contributed by atoms with E-state index in [4.69, 9.17) is 9.72 Å². The fourth-order valence-electron chi connectivity index (χ4n) is 5.99. The van der Waals surface area contributed by atoms with Crippen LogP contribution in [-0.2, 0) is 18.0 Å². The van der Waals surface area contributed by atoms with E-state index in [0.717, 1.165) is 50.4 Å². The Balaban J connectivity index is 1.20. The van der Waals surface area contributed by atoms with Gasteiger partial charge in [-0.3, -0.25) is 0 Å². The molecule has 1 unspecified atom stereocenters. The Morgan fingerprint density at radius 1 is 0.971 bits per heavy atom. The van der Waals surface area contributed by atoms with E-state index in [9.17, 15) is 13.9 Å². The van der Waals surface area contributed by atoms with Crippen LogP contribution in [0.2, 0.25) is 0 Å². The predicted octanol–water partition coefficient (Wildman–Crippen LogP) is 6.39. The van der Waals surface area contributed by atoms with Crippen LogP contribution < -0.4 is 4.90 Å². The maximum absolute atomic E-state index is 13.9. The second-order valence-electron chi connectivity index (χ2n) is 10.1. The Hall–Kier alpha value is -2.57. The molecule has 1 aliphatic heterocycles. The molecule has 35 heavy (non-hydrogen) atoms. The van der Waals surface area contributed by atoms with Crippen molar-refractivity contribution < 1.29 is 18.6 Å². The van der Waals surface area contributed by atoms with Crippen molar-refractivity contribution in [2.75, 3.05) is 18.1 Å². The number of rotatable bonds is 8. The molecule has 1 aliphatic carbocycles. The van der Waals surface area contributed by atoms with Gasteiger partial charge in [0, 0.05) is 36.2 Å². The summed E-state index contributed by atoms with van der Waals surface area (Å²) in [5.74, 6) is 0.244. The lowest BCUT2D eigenvalue weighted by atomic mass is 9.77. The lowest BCUT2D eigenvalue weighted by Gasteiger charge is -2.37. The molecule has 2 aromatic carbocycles. The van der Waals surface area contributed by atoms with Crippen molar-refractivity contribution in [2.24, 2.45) is 11.8 Å². The molecule has 1 atom stereocenters. The SMILES string of the molecule is OCc1cc2cc(F)c(F)cc2nc1N1CCCC1C1CCC(CCOCc2ccccc2)CC1. The molecular weight excluding hydrogens is 446 g/mol. The minimum absolute atomic E-state index is 0.170. The van der Waals surface area contributed by atoms with Crippen molar-refractivity contribution >= 4 is 16.7 Å². The van der Waals surface area contributed by atoms with Gasteiger partial charge in [-0.05, 0) is 61.6 Å². The molecule has 5 rings (SSSR count). The second-order valence-corrected chi connectivity index (χ2v) is 10.1. The number of aliphatic hydroxyl groups is 1. The molecule has 0 radical (unpaired) electrons. The summed E-state index contributed by atoms with van der Waals surface area (Å²) >= 11 is 0. The average molecular weight is 481 g/mol. The van der Waals surface area contributed by atoms with Crippen LogP contribution in [0.5, 0.6) is 0 Å². The van der Waals surface area contributed by atoms with E-state index in [0.29, 0.717) is 41.0 Å². The number of fused-ring (bicyclic) bond motifs is 1. The lowest BCUT2D eigenvalue weighted by molar-refractivity contribution is 0.0966. The number of halogens is 2. The summed E-state index contributed by atoms with van der Waals surface area (Å²) in [4.78, 5) is 7.03. The van der Waals surface area contributed by atoms with Gasteiger partial charge in [-0.1, -0.05) is 43.2 Å². The highest BCUT2D eigenvalue weighted by molar-refractivity contribution is 5.82. The van der Waals surface area contributed by atoms with Gasteiger partial charge >= 0.3 is 0 Å². The number of ether oxygens (including phenoxy) is 1. The summed E-state index contributed by atoms with van der Waals surface area (Å²) in [7, 11) is 0. The van der Waals surface area contributed by atoms with E-state index in [1.165, 1.54) is 31.2 Å². The van der Waals surface area contributed by atoms with Gasteiger partial charge in [-0.2, -0.15) is 0 Å². The molecule has 4 nitrogen and oxygen atoms in total. The first-order valence-corrected chi connectivity index (χ1v) is 12.9. The molecule has 0 bridgehead atoms. The van der Waals surface area contributed by atoms with Gasteiger partial charge in [0.25, 0.3) is 0 Å². The van der Waals surface area contributed by atoms with Crippen molar-refractivity contribution in [3.63, 3.8) is 0 Å². The van der Waals surface area contributed by atoms with Crippen molar-refractivity contribution in [2.45, 2.75) is 64.2 Å². The Morgan fingerprint density at radius 2 is 1.74 bits per heavy atom. The van der Waals surface area contributed by atoms with Gasteiger partial charge in [0.2, 0.25) is 0 Å². The number of anilines is 1. The Bertz CT molecular complexity index is 1130. The van der Waals surface area contributed by atoms with E-state index >= 15 is 0 Å². The zero-order chi connectivity index (χ0) is 24.2. The Kier molecular flexibility index (Phi) is 7.59. The van der Waals surface area contributed by atoms with Crippen molar-refractivity contribution in [3.05, 3.63) is 71.3 Å². The minimum Gasteiger partial charge on any atom is -0.392 e. The standard InChI is InChI=1S/C29H34F2N2O2/c30-25-16-23-15-24(18-34)29(32-27(23)17-26(25)31)33-13-4-7-28(33)22-10-8-20(9-11-22)12-14-35-19-21-5-2-1-3-6-21/h1-3,5-6,15-17,20,22,28,34H,4,7-14,18-19H2. The molecule has 2 aliphatic rings. The first kappa shape index (κ1) is 24.1. The van der Waals surface area contributed by atoms with Crippen molar-refractivity contribution in [1.29, 1.82) is 0 Å². The highest BCUT2D eigenvalue weighted by atomic mass is 19.2. The van der Waals surface area contributed by atoms with Crippen LogP contribution in [0.3, 0.4) is 0 Å². The van der Waals surface area contributed by atoms with Crippen LogP contribution in [0.1, 0.15) is 56.1 Å². The summed E-state index contributed by atoms with van der Waals surface area (Å²) in [5.41, 5.74) is 2.33. The fraction of sp³-hybridized carbons (Fsp3) is 0.483. The van der Waals surface area contributed by atoms with Gasteiger partial charge in [-0.25, -0.2) is 13.8 Å². The zero-order valence-electron chi connectivity index (χ0n) is 20.1. The molecule has 3 aromatic rings. The zero-order valence-corrected chi connectivity index (χ0v) is 20.1. The molecule has 1 saturated heterocycles. The number of hydrogen-bond acceptors (Lipinski definition) is 4. The largest absolute Gasteiger partial charge is 0.392 e. The van der Waals surface area contributed by atoms with Gasteiger partial charge in [-0.15, -0.1) is 0 Å². The number of nitrogens with zero attached hydrogens (tertiary/aromatic N) is 2. The molecule has 2 heterocycles. The molecule has 2 fully saturated rings. The van der Waals surface area contributed by atoms with Crippen LogP contribution in [0.4, 0.5) is 14.6 Å². The summed E-state index contributed by atoms with van der Waals surface area (Å²) in [5, 5.41) is 10.5. The molecule has 186 valence electrons. The quantitative estimate of drug-likeness (QED) is 0.380. The maximum atomic E-state index is 13.9. The predicted molar refractivity (Wildman–Crippen MR) is 134 cm³/mol. The molecule has 0 amide bonds. The third kappa shape index (κ3) is 5.49. The average Bonchev–Trinajstić information content (AvgIpc) is 3.37. The van der Waals surface area contributed by atoms with E-state index in [2.05, 4.69) is 17.0 Å². The number of aliphatic hydroxyl groups excluding tert-OH is 1. The van der Waals surface area contributed by atoms with Gasteiger partial charge in [0.1, 0.15) is 5.82 Å². The van der Waals surface area contributed by atoms with Crippen LogP contribution in [0.25, 0.3) is 10.9 Å². The van der Waals surface area contributed by atoms with E-state index in [1.807, 2.05) is 18.2 Å². The minimum atomic E-state index is -0.892. The van der Waals surface area contributed by atoms with E-state index in [-0.39, 0.29) is 6.61 Å². The molecule has 1 aromatic heterocycles. The maximum Gasteiger partial charge on any atom is 0.161 e. The highest BCUT2D eigenvalue weighted by Crippen LogP contribution is 2.40. The second kappa shape index (κ2) is 11.0. The Morgan fingerprint density at radius 3 is 2.51 bits per heavy atom.